The minimum absolute atomic E-state index is 0.241. The van der Waals surface area contributed by atoms with Crippen LogP contribution in [0, 0.1) is 18.3 Å². The third-order valence-electron chi connectivity index (χ3n) is 6.37. The maximum Gasteiger partial charge on any atom is 0.296 e. The number of ether oxygens (including phenoxy) is 1. The van der Waals surface area contributed by atoms with E-state index < -0.39 is 34.7 Å². The Morgan fingerprint density at radius 3 is 2.76 bits per heavy atom. The molecule has 0 saturated carbocycles. The molecule has 0 aliphatic heterocycles. The topological polar surface area (TPSA) is 161 Å². The maximum absolute atomic E-state index is 13.0. The lowest BCUT2D eigenvalue weighted by Crippen LogP contribution is -2.29. The number of nitriles is 1. The van der Waals surface area contributed by atoms with E-state index in [-0.39, 0.29) is 11.5 Å². The standard InChI is InChI=1S/C26H27N7O5/c1-15(24-30-22(23(34)26(36)32(24)3)25(35)29-18-12-28-38-14-18)21(19-8-6-5-7-17(19)11-27)20-13-33(9-10-37-4)31-16(20)2/h5-8,12-15,21,34H,9-10H2,1-4H3,(H,29,35)/t15-,21-/m1/s1. The first-order valence-electron chi connectivity index (χ1n) is 11.8. The van der Waals surface area contributed by atoms with Gasteiger partial charge < -0.3 is 19.7 Å². The van der Waals surface area contributed by atoms with Crippen LogP contribution in [0.25, 0.3) is 0 Å². The Bertz CT molecular complexity index is 1550. The van der Waals surface area contributed by atoms with E-state index in [1.807, 2.05) is 32.2 Å². The number of aryl methyl sites for hydroxylation is 1. The second kappa shape index (κ2) is 11.1. The summed E-state index contributed by atoms with van der Waals surface area (Å²) in [5.74, 6) is -2.32. The van der Waals surface area contributed by atoms with Crippen molar-refractivity contribution in [3.05, 3.63) is 87.2 Å². The molecule has 3 aromatic heterocycles. The summed E-state index contributed by atoms with van der Waals surface area (Å²) in [5.41, 5.74) is 1.77. The quantitative estimate of drug-likeness (QED) is 0.340. The van der Waals surface area contributed by atoms with Crippen molar-refractivity contribution in [2.24, 2.45) is 7.05 Å². The highest BCUT2D eigenvalue weighted by Crippen LogP contribution is 2.40. The summed E-state index contributed by atoms with van der Waals surface area (Å²) in [6.07, 6.45) is 4.37. The molecule has 1 amide bonds. The lowest BCUT2D eigenvalue weighted by molar-refractivity contribution is 0.101. The molecule has 0 aliphatic carbocycles. The molecule has 12 heteroatoms. The summed E-state index contributed by atoms with van der Waals surface area (Å²) in [6, 6.07) is 9.43. The Morgan fingerprint density at radius 2 is 2.08 bits per heavy atom. The first-order valence-corrected chi connectivity index (χ1v) is 11.8. The first-order chi connectivity index (χ1) is 18.3. The summed E-state index contributed by atoms with van der Waals surface area (Å²) in [5, 5.41) is 31.0. The highest BCUT2D eigenvalue weighted by Gasteiger charge is 2.32. The number of aromatic nitrogens is 5. The monoisotopic (exact) mass is 517 g/mol. The molecule has 0 aliphatic rings. The average molecular weight is 518 g/mol. The maximum atomic E-state index is 13.0. The summed E-state index contributed by atoms with van der Waals surface area (Å²) in [4.78, 5) is 30.4. The van der Waals surface area contributed by atoms with Crippen LogP contribution in [0.2, 0.25) is 0 Å². The predicted molar refractivity (Wildman–Crippen MR) is 136 cm³/mol. The largest absolute Gasteiger partial charge is 0.501 e. The molecule has 2 atom stereocenters. The van der Waals surface area contributed by atoms with Crippen molar-refractivity contribution in [3.8, 4) is 11.8 Å². The Hall–Kier alpha value is -4.76. The summed E-state index contributed by atoms with van der Waals surface area (Å²) in [7, 11) is 3.09. The van der Waals surface area contributed by atoms with E-state index in [0.29, 0.717) is 18.7 Å². The van der Waals surface area contributed by atoms with Gasteiger partial charge in [0.25, 0.3) is 11.5 Å². The number of hydrogen-bond acceptors (Lipinski definition) is 9. The Labute approximate surface area is 218 Å². The minimum Gasteiger partial charge on any atom is -0.501 e. The molecule has 1 aromatic carbocycles. The van der Waals surface area contributed by atoms with Gasteiger partial charge in [0.2, 0.25) is 5.75 Å². The molecule has 0 saturated heterocycles. The number of amides is 1. The number of aromatic hydroxyl groups is 1. The SMILES string of the molecule is COCCn1cc([C@@H](c2ccccc2C#N)[C@@H](C)c2nc(C(=O)Nc3cnoc3)c(O)c(=O)n2C)c(C)n1. The molecule has 38 heavy (non-hydrogen) atoms. The summed E-state index contributed by atoms with van der Waals surface area (Å²) < 4.78 is 12.9. The smallest absolute Gasteiger partial charge is 0.296 e. The highest BCUT2D eigenvalue weighted by molar-refractivity contribution is 6.04. The molecule has 0 fully saturated rings. The molecule has 3 heterocycles. The van der Waals surface area contributed by atoms with Gasteiger partial charge in [-0.05, 0) is 18.6 Å². The summed E-state index contributed by atoms with van der Waals surface area (Å²) in [6.45, 7) is 4.72. The summed E-state index contributed by atoms with van der Waals surface area (Å²) >= 11 is 0. The van der Waals surface area contributed by atoms with Crippen LogP contribution in [0.4, 0.5) is 5.69 Å². The van der Waals surface area contributed by atoms with E-state index in [1.54, 1.807) is 23.9 Å². The van der Waals surface area contributed by atoms with Gasteiger partial charge in [-0.3, -0.25) is 18.8 Å². The number of nitrogens with one attached hydrogen (secondary N) is 1. The van der Waals surface area contributed by atoms with Crippen LogP contribution in [0.15, 0.2) is 52.2 Å². The van der Waals surface area contributed by atoms with Crippen LogP contribution < -0.4 is 10.9 Å². The van der Waals surface area contributed by atoms with E-state index in [9.17, 15) is 20.0 Å². The van der Waals surface area contributed by atoms with Gasteiger partial charge in [-0.25, -0.2) is 4.98 Å². The minimum atomic E-state index is -0.797. The van der Waals surface area contributed by atoms with Crippen LogP contribution in [-0.2, 0) is 18.3 Å². The fraction of sp³-hybridized carbons (Fsp3) is 0.308. The average Bonchev–Trinajstić information content (AvgIpc) is 3.56. The molecule has 4 aromatic rings. The molecular formula is C26H27N7O5. The predicted octanol–water partition coefficient (Wildman–Crippen LogP) is 2.68. The lowest BCUT2D eigenvalue weighted by Gasteiger charge is -2.26. The third kappa shape index (κ3) is 5.05. The van der Waals surface area contributed by atoms with Crippen LogP contribution in [0.3, 0.4) is 0 Å². The van der Waals surface area contributed by atoms with E-state index in [4.69, 9.17) is 9.26 Å². The van der Waals surface area contributed by atoms with Gasteiger partial charge >= 0.3 is 0 Å². The van der Waals surface area contributed by atoms with E-state index in [0.717, 1.165) is 16.8 Å². The van der Waals surface area contributed by atoms with Crippen LogP contribution in [-0.4, -0.2) is 49.2 Å². The Morgan fingerprint density at radius 1 is 1.32 bits per heavy atom. The third-order valence-corrected chi connectivity index (χ3v) is 6.37. The van der Waals surface area contributed by atoms with Crippen molar-refractivity contribution in [1.29, 1.82) is 5.26 Å². The van der Waals surface area contributed by atoms with Crippen molar-refractivity contribution in [2.75, 3.05) is 19.0 Å². The van der Waals surface area contributed by atoms with Crippen molar-refractivity contribution in [2.45, 2.75) is 32.2 Å². The molecule has 4 rings (SSSR count). The van der Waals surface area contributed by atoms with Crippen molar-refractivity contribution in [1.82, 2.24) is 24.5 Å². The number of anilines is 1. The van der Waals surface area contributed by atoms with Gasteiger partial charge in [0.05, 0.1) is 36.7 Å². The fourth-order valence-corrected chi connectivity index (χ4v) is 4.49. The molecule has 0 radical (unpaired) electrons. The number of nitrogens with zero attached hydrogens (tertiary/aromatic N) is 6. The molecular weight excluding hydrogens is 490 g/mol. The number of benzene rings is 1. The van der Waals surface area contributed by atoms with Crippen LogP contribution >= 0.6 is 0 Å². The number of methoxy groups -OCH3 is 1. The molecule has 196 valence electrons. The van der Waals surface area contributed by atoms with Gasteiger partial charge in [0, 0.05) is 37.8 Å². The molecule has 12 nitrogen and oxygen atoms in total. The lowest BCUT2D eigenvalue weighted by atomic mass is 9.79. The first kappa shape index (κ1) is 26.3. The Kier molecular flexibility index (Phi) is 7.68. The second-order valence-electron chi connectivity index (χ2n) is 8.79. The van der Waals surface area contributed by atoms with Crippen LogP contribution in [0.5, 0.6) is 5.75 Å². The fourth-order valence-electron chi connectivity index (χ4n) is 4.49. The second-order valence-corrected chi connectivity index (χ2v) is 8.79. The van der Waals surface area contributed by atoms with E-state index in [2.05, 4.69) is 26.6 Å². The zero-order chi connectivity index (χ0) is 27.4. The number of hydrogen-bond donors (Lipinski definition) is 2. The van der Waals surface area contributed by atoms with Gasteiger partial charge in [-0.2, -0.15) is 10.4 Å². The Balaban J connectivity index is 1.86. The van der Waals surface area contributed by atoms with Gasteiger partial charge in [0.15, 0.2) is 5.69 Å². The zero-order valence-electron chi connectivity index (χ0n) is 21.4. The van der Waals surface area contributed by atoms with Crippen LogP contribution in [0.1, 0.15) is 57.5 Å². The van der Waals surface area contributed by atoms with Crippen molar-refractivity contribution < 1.29 is 19.2 Å². The van der Waals surface area contributed by atoms with Crippen molar-refractivity contribution in [3.63, 3.8) is 0 Å². The van der Waals surface area contributed by atoms with Gasteiger partial charge in [-0.15, -0.1) is 0 Å². The van der Waals surface area contributed by atoms with E-state index >= 15 is 0 Å². The number of carbonyl (C=O) groups excluding carboxylic acids is 1. The van der Waals surface area contributed by atoms with Gasteiger partial charge in [0.1, 0.15) is 17.8 Å². The molecule has 2 N–H and O–H groups in total. The van der Waals surface area contributed by atoms with Crippen molar-refractivity contribution >= 4 is 11.6 Å². The normalized spacial score (nSPS) is 12.6. The zero-order valence-corrected chi connectivity index (χ0v) is 21.4. The van der Waals surface area contributed by atoms with E-state index in [1.165, 1.54) is 24.1 Å². The molecule has 0 unspecified atom stereocenters. The highest BCUT2D eigenvalue weighted by atomic mass is 16.5. The van der Waals surface area contributed by atoms with Gasteiger partial charge in [-0.1, -0.05) is 30.3 Å². The number of rotatable bonds is 9. The molecule has 0 bridgehead atoms. The number of carbonyl (C=O) groups is 1. The molecule has 0 spiro atoms.